The van der Waals surface area contributed by atoms with Crippen LogP contribution in [0.4, 0.5) is 11.4 Å². The van der Waals surface area contributed by atoms with Crippen LogP contribution < -0.4 is 5.32 Å². The van der Waals surface area contributed by atoms with E-state index in [0.29, 0.717) is 0 Å². The molecule has 0 aliphatic carbocycles. The Morgan fingerprint density at radius 1 is 0.750 bits per heavy atom. The molecule has 7 heteroatoms. The fraction of sp³-hybridized carbons (Fsp3) is 0.294. The minimum atomic E-state index is -0.412. The van der Waals surface area contributed by atoms with Gasteiger partial charge in [0.25, 0.3) is 11.4 Å². The molecule has 1 N–H and O–H groups in total. The molecule has 0 radical (unpaired) electrons. The van der Waals surface area contributed by atoms with Crippen LogP contribution in [0.1, 0.15) is 24.0 Å². The average molecular weight is 327 g/mol. The van der Waals surface area contributed by atoms with Gasteiger partial charge in [0.05, 0.1) is 9.85 Å². The Bertz CT molecular complexity index is 691. The number of benzene rings is 2. The highest BCUT2D eigenvalue weighted by molar-refractivity contribution is 5.46. The summed E-state index contributed by atoms with van der Waals surface area (Å²) in [4.78, 5) is 20.9. The van der Waals surface area contributed by atoms with Crippen LogP contribution >= 0.6 is 0 Å². The zero-order chi connectivity index (χ0) is 17.2. The number of nitrogens with zero attached hydrogens (tertiary/aromatic N) is 2. The third-order valence-corrected chi connectivity index (χ3v) is 4.72. The Balaban J connectivity index is 2.04. The van der Waals surface area contributed by atoms with Crippen LogP contribution in [0.3, 0.4) is 0 Å². The second kappa shape index (κ2) is 6.37. The maximum absolute atomic E-state index is 10.9. The smallest absolute Gasteiger partial charge is 0.269 e. The maximum Gasteiger partial charge on any atom is 0.269 e. The van der Waals surface area contributed by atoms with Crippen molar-refractivity contribution < 1.29 is 9.85 Å². The second-order valence-corrected chi connectivity index (χ2v) is 5.94. The lowest BCUT2D eigenvalue weighted by molar-refractivity contribution is -0.385. The standard InChI is InChI=1S/C17H17N3O4/c21-19(22)15-5-1-13(2-6-15)17(9-11-18-12-10-17)14-3-7-16(8-4-14)20(23)24/h1-8,18H,9-12H2. The Hall–Kier alpha value is -2.80. The molecule has 1 saturated heterocycles. The van der Waals surface area contributed by atoms with Gasteiger partial charge >= 0.3 is 0 Å². The van der Waals surface area contributed by atoms with Crippen LogP contribution in [-0.4, -0.2) is 22.9 Å². The number of hydrogen-bond donors (Lipinski definition) is 1. The number of nitro groups is 2. The van der Waals surface area contributed by atoms with Crippen molar-refractivity contribution in [2.45, 2.75) is 18.3 Å². The number of hydrogen-bond acceptors (Lipinski definition) is 5. The molecular weight excluding hydrogens is 310 g/mol. The van der Waals surface area contributed by atoms with E-state index in [2.05, 4.69) is 5.32 Å². The van der Waals surface area contributed by atoms with Gasteiger partial charge < -0.3 is 5.32 Å². The van der Waals surface area contributed by atoms with Crippen molar-refractivity contribution in [3.05, 3.63) is 79.9 Å². The average Bonchev–Trinajstić information content (AvgIpc) is 2.62. The molecule has 1 fully saturated rings. The van der Waals surface area contributed by atoms with Gasteiger partial charge in [-0.05, 0) is 37.1 Å². The largest absolute Gasteiger partial charge is 0.317 e. The number of piperidine rings is 1. The van der Waals surface area contributed by atoms with Crippen molar-refractivity contribution in [2.75, 3.05) is 13.1 Å². The molecule has 124 valence electrons. The first-order valence-corrected chi connectivity index (χ1v) is 7.73. The van der Waals surface area contributed by atoms with Gasteiger partial charge in [-0.25, -0.2) is 0 Å². The molecule has 0 spiro atoms. The highest BCUT2D eigenvalue weighted by atomic mass is 16.6. The van der Waals surface area contributed by atoms with Crippen molar-refractivity contribution in [1.82, 2.24) is 5.32 Å². The van der Waals surface area contributed by atoms with Crippen LogP contribution in [-0.2, 0) is 5.41 Å². The Kier molecular flexibility index (Phi) is 4.26. The summed E-state index contributed by atoms with van der Waals surface area (Å²) in [6.07, 6.45) is 1.67. The summed E-state index contributed by atoms with van der Waals surface area (Å²) in [5, 5.41) is 25.1. The quantitative estimate of drug-likeness (QED) is 0.687. The fourth-order valence-corrected chi connectivity index (χ4v) is 3.40. The molecule has 2 aromatic carbocycles. The predicted molar refractivity (Wildman–Crippen MR) is 89.1 cm³/mol. The van der Waals surface area contributed by atoms with E-state index in [0.717, 1.165) is 37.1 Å². The first kappa shape index (κ1) is 16.1. The van der Waals surface area contributed by atoms with Crippen LogP contribution in [0.25, 0.3) is 0 Å². The minimum Gasteiger partial charge on any atom is -0.317 e. The molecule has 0 bridgehead atoms. The summed E-state index contributed by atoms with van der Waals surface area (Å²) in [6, 6.07) is 13.3. The van der Waals surface area contributed by atoms with Crippen molar-refractivity contribution in [3.8, 4) is 0 Å². The van der Waals surface area contributed by atoms with Gasteiger partial charge in [0.2, 0.25) is 0 Å². The Labute approximate surface area is 138 Å². The van der Waals surface area contributed by atoms with Gasteiger partial charge in [-0.2, -0.15) is 0 Å². The maximum atomic E-state index is 10.9. The summed E-state index contributed by atoms with van der Waals surface area (Å²) < 4.78 is 0. The van der Waals surface area contributed by atoms with Crippen molar-refractivity contribution >= 4 is 11.4 Å². The van der Waals surface area contributed by atoms with Crippen molar-refractivity contribution in [2.24, 2.45) is 0 Å². The Morgan fingerprint density at radius 3 is 1.46 bits per heavy atom. The number of non-ortho nitro benzene ring substituents is 2. The first-order chi connectivity index (χ1) is 11.5. The summed E-state index contributed by atoms with van der Waals surface area (Å²) in [5.74, 6) is 0. The van der Waals surface area contributed by atoms with Gasteiger partial charge in [0.15, 0.2) is 0 Å². The molecule has 3 rings (SSSR count). The monoisotopic (exact) mass is 327 g/mol. The van der Waals surface area contributed by atoms with E-state index >= 15 is 0 Å². The van der Waals surface area contributed by atoms with Gasteiger partial charge in [0, 0.05) is 29.7 Å². The van der Waals surface area contributed by atoms with E-state index in [-0.39, 0.29) is 16.8 Å². The van der Waals surface area contributed by atoms with Crippen molar-refractivity contribution in [1.29, 1.82) is 0 Å². The third kappa shape index (κ3) is 2.85. The van der Waals surface area contributed by atoms with Crippen LogP contribution in [0.5, 0.6) is 0 Å². The van der Waals surface area contributed by atoms with Crippen LogP contribution in [0, 0.1) is 20.2 Å². The zero-order valence-corrected chi connectivity index (χ0v) is 13.0. The molecule has 24 heavy (non-hydrogen) atoms. The van der Waals surface area contributed by atoms with Crippen molar-refractivity contribution in [3.63, 3.8) is 0 Å². The third-order valence-electron chi connectivity index (χ3n) is 4.72. The lowest BCUT2D eigenvalue weighted by Crippen LogP contribution is -2.40. The molecule has 0 aromatic heterocycles. The van der Waals surface area contributed by atoms with Gasteiger partial charge in [-0.15, -0.1) is 0 Å². The molecule has 7 nitrogen and oxygen atoms in total. The van der Waals surface area contributed by atoms with Crippen LogP contribution in [0.15, 0.2) is 48.5 Å². The van der Waals surface area contributed by atoms with E-state index in [1.807, 2.05) is 0 Å². The summed E-state index contributed by atoms with van der Waals surface area (Å²) in [6.45, 7) is 1.65. The molecule has 1 aliphatic heterocycles. The predicted octanol–water partition coefficient (Wildman–Crippen LogP) is 3.17. The lowest BCUT2D eigenvalue weighted by atomic mass is 9.68. The summed E-state index contributed by atoms with van der Waals surface area (Å²) >= 11 is 0. The molecule has 0 unspecified atom stereocenters. The van der Waals surface area contributed by atoms with E-state index in [1.54, 1.807) is 24.3 Å². The van der Waals surface area contributed by atoms with Gasteiger partial charge in [-0.1, -0.05) is 24.3 Å². The first-order valence-electron chi connectivity index (χ1n) is 7.73. The van der Waals surface area contributed by atoms with Gasteiger partial charge in [0.1, 0.15) is 0 Å². The molecular formula is C17H17N3O4. The topological polar surface area (TPSA) is 98.3 Å². The molecule has 1 heterocycles. The molecule has 0 saturated carbocycles. The Morgan fingerprint density at radius 2 is 1.12 bits per heavy atom. The second-order valence-electron chi connectivity index (χ2n) is 5.94. The van der Waals surface area contributed by atoms with E-state index in [4.69, 9.17) is 0 Å². The summed E-state index contributed by atoms with van der Waals surface area (Å²) in [7, 11) is 0. The fourth-order valence-electron chi connectivity index (χ4n) is 3.40. The number of nitrogens with one attached hydrogen (secondary N) is 1. The molecule has 2 aromatic rings. The normalized spacial score (nSPS) is 16.5. The highest BCUT2D eigenvalue weighted by Crippen LogP contribution is 2.41. The molecule has 1 aliphatic rings. The number of rotatable bonds is 4. The zero-order valence-electron chi connectivity index (χ0n) is 13.0. The highest BCUT2D eigenvalue weighted by Gasteiger charge is 2.36. The van der Waals surface area contributed by atoms with Crippen LogP contribution in [0.2, 0.25) is 0 Å². The molecule has 0 amide bonds. The molecule has 0 atom stereocenters. The van der Waals surface area contributed by atoms with E-state index in [1.165, 1.54) is 24.3 Å². The number of nitro benzene ring substituents is 2. The van der Waals surface area contributed by atoms with Gasteiger partial charge in [-0.3, -0.25) is 20.2 Å². The minimum absolute atomic E-state index is 0.0616. The lowest BCUT2D eigenvalue weighted by Gasteiger charge is -2.38. The van der Waals surface area contributed by atoms with E-state index in [9.17, 15) is 20.2 Å². The SMILES string of the molecule is O=[N+]([O-])c1ccc(C2(c3ccc([N+](=O)[O-])cc3)CCNCC2)cc1. The van der Waals surface area contributed by atoms with E-state index < -0.39 is 9.85 Å². The summed E-state index contributed by atoms with van der Waals surface area (Å²) in [5.41, 5.74) is 1.85.